The first-order valence-electron chi connectivity index (χ1n) is 11.7. The summed E-state index contributed by atoms with van der Waals surface area (Å²) in [6, 6.07) is 5.82. The van der Waals surface area contributed by atoms with Gasteiger partial charge in [-0.25, -0.2) is 0 Å². The molecule has 1 aliphatic heterocycles. The average molecular weight is 510 g/mol. The number of aryl methyl sites for hydroxylation is 2. The Kier molecular flexibility index (Phi) is 6.08. The van der Waals surface area contributed by atoms with Crippen molar-refractivity contribution in [1.29, 1.82) is 0 Å². The maximum Gasteiger partial charge on any atom is 0.416 e. The highest BCUT2D eigenvalue weighted by Gasteiger charge is 2.37. The molecule has 0 spiro atoms. The molecule has 5 rings (SSSR count). The zero-order valence-corrected chi connectivity index (χ0v) is 19.3. The summed E-state index contributed by atoms with van der Waals surface area (Å²) in [5.41, 5.74) is 1.43. The van der Waals surface area contributed by atoms with E-state index in [-0.39, 0.29) is 30.0 Å². The van der Waals surface area contributed by atoms with Crippen LogP contribution in [0.15, 0.2) is 30.3 Å². The molecule has 2 atom stereocenters. The van der Waals surface area contributed by atoms with E-state index < -0.39 is 23.5 Å². The number of anilines is 2. The van der Waals surface area contributed by atoms with Gasteiger partial charge in [0.2, 0.25) is 0 Å². The molecule has 192 valence electrons. The molecule has 0 saturated carbocycles. The molecule has 2 aliphatic rings. The molecule has 6 nitrogen and oxygen atoms in total. The third-order valence-corrected chi connectivity index (χ3v) is 6.81. The number of nitrogens with zero attached hydrogens (tertiary/aromatic N) is 4. The maximum atomic E-state index is 13.3. The Morgan fingerprint density at radius 2 is 1.69 bits per heavy atom. The number of tetrazole rings is 1. The number of aromatic nitrogens is 4. The Labute approximate surface area is 203 Å². The highest BCUT2D eigenvalue weighted by Crippen LogP contribution is 2.43. The first kappa shape index (κ1) is 24.4. The normalized spacial score (nSPS) is 19.9. The van der Waals surface area contributed by atoms with Crippen LogP contribution in [0.5, 0.6) is 0 Å². The molecule has 0 radical (unpaired) electrons. The van der Waals surface area contributed by atoms with E-state index in [1.165, 1.54) is 4.80 Å². The SMILES string of the molecule is Cn1nnc(NC2CCCNc3cc4c(cc32)[C@H](Cc2cc(C(F)(F)F)cc(C(F)(F)F)c2)CC4)n1. The second-order valence-electron chi connectivity index (χ2n) is 9.36. The van der Waals surface area contributed by atoms with Gasteiger partial charge in [-0.15, -0.1) is 5.10 Å². The molecule has 0 amide bonds. The smallest absolute Gasteiger partial charge is 0.385 e. The lowest BCUT2D eigenvalue weighted by Crippen LogP contribution is -2.13. The van der Waals surface area contributed by atoms with Crippen molar-refractivity contribution in [3.8, 4) is 0 Å². The van der Waals surface area contributed by atoms with Gasteiger partial charge in [-0.05, 0) is 89.8 Å². The maximum absolute atomic E-state index is 13.3. The second kappa shape index (κ2) is 8.97. The highest BCUT2D eigenvalue weighted by atomic mass is 19.4. The van der Waals surface area contributed by atoms with Crippen molar-refractivity contribution in [2.24, 2.45) is 7.05 Å². The molecule has 1 aliphatic carbocycles. The van der Waals surface area contributed by atoms with Crippen molar-refractivity contribution in [3.05, 3.63) is 63.7 Å². The van der Waals surface area contributed by atoms with E-state index in [4.69, 9.17) is 0 Å². The van der Waals surface area contributed by atoms with Gasteiger partial charge in [-0.3, -0.25) is 0 Å². The summed E-state index contributed by atoms with van der Waals surface area (Å²) in [5, 5.41) is 18.8. The lowest BCUT2D eigenvalue weighted by Gasteiger charge is -2.21. The lowest BCUT2D eigenvalue weighted by molar-refractivity contribution is -0.143. The van der Waals surface area contributed by atoms with E-state index in [2.05, 4.69) is 32.1 Å². The summed E-state index contributed by atoms with van der Waals surface area (Å²) >= 11 is 0. The Bertz CT molecular complexity index is 1230. The van der Waals surface area contributed by atoms with Gasteiger partial charge in [0.25, 0.3) is 5.95 Å². The summed E-state index contributed by atoms with van der Waals surface area (Å²) in [6.07, 6.45) is -6.57. The molecule has 2 N–H and O–H groups in total. The first-order chi connectivity index (χ1) is 17.0. The average Bonchev–Trinajstić information content (AvgIpc) is 3.33. The number of fused-ring (bicyclic) bond motifs is 2. The van der Waals surface area contributed by atoms with Gasteiger partial charge >= 0.3 is 12.4 Å². The Hall–Kier alpha value is -3.31. The summed E-state index contributed by atoms with van der Waals surface area (Å²) in [5.74, 6) is 0.199. The fourth-order valence-corrected chi connectivity index (χ4v) is 5.17. The van der Waals surface area contributed by atoms with Crippen LogP contribution in [0, 0.1) is 0 Å². The van der Waals surface area contributed by atoms with Crippen LogP contribution in [-0.4, -0.2) is 26.8 Å². The van der Waals surface area contributed by atoms with Gasteiger partial charge in [-0.1, -0.05) is 11.2 Å². The molecule has 2 aromatic carbocycles. The molecule has 0 fully saturated rings. The topological polar surface area (TPSA) is 67.7 Å². The zero-order valence-electron chi connectivity index (χ0n) is 19.3. The van der Waals surface area contributed by atoms with E-state index >= 15 is 0 Å². The number of hydrogen-bond donors (Lipinski definition) is 2. The fourth-order valence-electron chi connectivity index (χ4n) is 5.17. The van der Waals surface area contributed by atoms with Crippen molar-refractivity contribution in [3.63, 3.8) is 0 Å². The Morgan fingerprint density at radius 1 is 0.972 bits per heavy atom. The monoisotopic (exact) mass is 510 g/mol. The predicted molar refractivity (Wildman–Crippen MR) is 121 cm³/mol. The van der Waals surface area contributed by atoms with Gasteiger partial charge in [0, 0.05) is 12.2 Å². The number of nitrogens with one attached hydrogen (secondary N) is 2. The van der Waals surface area contributed by atoms with Gasteiger partial charge in [0.1, 0.15) is 0 Å². The molecule has 0 bridgehead atoms. The van der Waals surface area contributed by atoms with Crippen molar-refractivity contribution in [2.45, 2.75) is 56.4 Å². The van der Waals surface area contributed by atoms with E-state index in [0.29, 0.717) is 18.8 Å². The van der Waals surface area contributed by atoms with E-state index in [1.54, 1.807) is 7.05 Å². The fraction of sp³-hybridized carbons (Fsp3) is 0.458. The standard InChI is InChI=1S/C24H24F6N6/c1-36-34-22(33-35-36)32-20-3-2-6-31-21-10-15-5-4-14(18(15)12-19(20)21)7-13-8-16(23(25,26)27)11-17(9-13)24(28,29)30/h8-12,14,20,31H,2-7H2,1H3,(H,32,34)/t14-,20?/m0/s1. The summed E-state index contributed by atoms with van der Waals surface area (Å²) in [4.78, 5) is 1.35. The number of alkyl halides is 6. The van der Waals surface area contributed by atoms with Crippen molar-refractivity contribution < 1.29 is 26.3 Å². The Balaban J connectivity index is 1.47. The van der Waals surface area contributed by atoms with Crippen molar-refractivity contribution >= 4 is 11.6 Å². The minimum atomic E-state index is -4.86. The van der Waals surface area contributed by atoms with Gasteiger partial charge in [0.05, 0.1) is 24.2 Å². The Morgan fingerprint density at radius 3 is 2.33 bits per heavy atom. The van der Waals surface area contributed by atoms with Gasteiger partial charge in [-0.2, -0.15) is 31.1 Å². The zero-order chi connectivity index (χ0) is 25.7. The van der Waals surface area contributed by atoms with Gasteiger partial charge < -0.3 is 10.6 Å². The third kappa shape index (κ3) is 4.98. The third-order valence-electron chi connectivity index (χ3n) is 6.81. The molecule has 36 heavy (non-hydrogen) atoms. The van der Waals surface area contributed by atoms with Crippen molar-refractivity contribution in [2.75, 3.05) is 17.2 Å². The van der Waals surface area contributed by atoms with Gasteiger partial charge in [0.15, 0.2) is 0 Å². The van der Waals surface area contributed by atoms with E-state index in [0.717, 1.165) is 53.9 Å². The van der Waals surface area contributed by atoms with Crippen LogP contribution in [0.1, 0.15) is 64.6 Å². The van der Waals surface area contributed by atoms with E-state index in [9.17, 15) is 26.3 Å². The highest BCUT2D eigenvalue weighted by molar-refractivity contribution is 5.61. The molecule has 2 heterocycles. The quantitative estimate of drug-likeness (QED) is 0.429. The number of benzene rings is 2. The molecular weight excluding hydrogens is 486 g/mol. The van der Waals surface area contributed by atoms with E-state index in [1.807, 2.05) is 6.07 Å². The largest absolute Gasteiger partial charge is 0.416 e. The summed E-state index contributed by atoms with van der Waals surface area (Å²) < 4.78 is 80.1. The predicted octanol–water partition coefficient (Wildman–Crippen LogP) is 5.88. The van der Waals surface area contributed by atoms with Crippen LogP contribution >= 0.6 is 0 Å². The number of rotatable bonds is 4. The summed E-state index contributed by atoms with van der Waals surface area (Å²) in [7, 11) is 1.66. The molecule has 3 aromatic rings. The minimum Gasteiger partial charge on any atom is -0.385 e. The molecule has 0 saturated heterocycles. The lowest BCUT2D eigenvalue weighted by atomic mass is 9.89. The molecule has 1 aromatic heterocycles. The minimum absolute atomic E-state index is 0.0292. The van der Waals surface area contributed by atoms with Crippen LogP contribution in [0.25, 0.3) is 0 Å². The second-order valence-corrected chi connectivity index (χ2v) is 9.36. The first-order valence-corrected chi connectivity index (χ1v) is 11.7. The van der Waals surface area contributed by atoms with Crippen LogP contribution in [0.2, 0.25) is 0 Å². The van der Waals surface area contributed by atoms with Crippen LogP contribution in [-0.2, 0) is 32.2 Å². The molecular formula is C24H24F6N6. The number of halogens is 6. The van der Waals surface area contributed by atoms with Crippen LogP contribution in [0.4, 0.5) is 38.0 Å². The molecule has 1 unspecified atom stereocenters. The van der Waals surface area contributed by atoms with Crippen LogP contribution in [0.3, 0.4) is 0 Å². The number of hydrogen-bond acceptors (Lipinski definition) is 5. The molecule has 12 heteroatoms. The summed E-state index contributed by atoms with van der Waals surface area (Å²) in [6.45, 7) is 0.783. The van der Waals surface area contributed by atoms with Crippen LogP contribution < -0.4 is 10.6 Å². The van der Waals surface area contributed by atoms with Crippen molar-refractivity contribution in [1.82, 2.24) is 20.2 Å².